The lowest BCUT2D eigenvalue weighted by molar-refractivity contribution is 1.07. The molecule has 3 aromatic rings. The van der Waals surface area contributed by atoms with E-state index in [-0.39, 0.29) is 0 Å². The first-order valence-electron chi connectivity index (χ1n) is 7.10. The van der Waals surface area contributed by atoms with Crippen molar-refractivity contribution in [2.45, 2.75) is 6.54 Å². The van der Waals surface area contributed by atoms with E-state index in [1.807, 2.05) is 61.8 Å². The second-order valence-electron chi connectivity index (χ2n) is 4.79. The summed E-state index contributed by atoms with van der Waals surface area (Å²) in [7, 11) is 1.81. The van der Waals surface area contributed by atoms with E-state index in [1.54, 1.807) is 6.20 Å². The van der Waals surface area contributed by atoms with Gasteiger partial charge in [-0.1, -0.05) is 36.4 Å². The first-order chi connectivity index (χ1) is 10.8. The van der Waals surface area contributed by atoms with E-state index in [0.717, 1.165) is 22.6 Å². The SMILES string of the molecule is CNc1nc(NCc2cccnc2)cc(-c2ccccc2)n1. The van der Waals surface area contributed by atoms with Crippen LogP contribution < -0.4 is 10.6 Å². The number of benzene rings is 1. The van der Waals surface area contributed by atoms with Crippen molar-refractivity contribution in [3.05, 3.63) is 66.5 Å². The molecule has 0 spiro atoms. The number of nitrogens with zero attached hydrogens (tertiary/aromatic N) is 3. The van der Waals surface area contributed by atoms with Crippen LogP contribution in [0.3, 0.4) is 0 Å². The Balaban J connectivity index is 1.85. The highest BCUT2D eigenvalue weighted by Gasteiger charge is 2.05. The van der Waals surface area contributed by atoms with Gasteiger partial charge in [0, 0.05) is 37.6 Å². The van der Waals surface area contributed by atoms with Gasteiger partial charge < -0.3 is 10.6 Å². The Bertz CT molecular complexity index is 729. The van der Waals surface area contributed by atoms with E-state index in [2.05, 4.69) is 25.6 Å². The third kappa shape index (κ3) is 3.38. The van der Waals surface area contributed by atoms with Gasteiger partial charge in [0.05, 0.1) is 5.69 Å². The fourth-order valence-electron chi connectivity index (χ4n) is 2.10. The lowest BCUT2D eigenvalue weighted by Gasteiger charge is -2.10. The number of hydrogen-bond acceptors (Lipinski definition) is 5. The third-order valence-electron chi connectivity index (χ3n) is 3.22. The van der Waals surface area contributed by atoms with Crippen molar-refractivity contribution in [3.8, 4) is 11.3 Å². The highest BCUT2D eigenvalue weighted by atomic mass is 15.1. The van der Waals surface area contributed by atoms with Crippen LogP contribution in [0.25, 0.3) is 11.3 Å². The fraction of sp³-hybridized carbons (Fsp3) is 0.118. The predicted molar refractivity (Wildman–Crippen MR) is 88.6 cm³/mol. The van der Waals surface area contributed by atoms with Crippen LogP contribution in [0.2, 0.25) is 0 Å². The van der Waals surface area contributed by atoms with Crippen LogP contribution in [0.15, 0.2) is 60.9 Å². The van der Waals surface area contributed by atoms with Crippen LogP contribution in [0, 0.1) is 0 Å². The maximum atomic E-state index is 4.50. The average Bonchev–Trinajstić information content (AvgIpc) is 2.61. The minimum Gasteiger partial charge on any atom is -0.366 e. The number of aromatic nitrogens is 3. The summed E-state index contributed by atoms with van der Waals surface area (Å²) < 4.78 is 0. The molecule has 5 nitrogen and oxygen atoms in total. The molecule has 0 aliphatic heterocycles. The van der Waals surface area contributed by atoms with E-state index < -0.39 is 0 Å². The predicted octanol–water partition coefficient (Wildman–Crippen LogP) is 3.19. The van der Waals surface area contributed by atoms with Crippen molar-refractivity contribution < 1.29 is 0 Å². The summed E-state index contributed by atoms with van der Waals surface area (Å²) in [5.74, 6) is 1.37. The van der Waals surface area contributed by atoms with E-state index in [0.29, 0.717) is 12.5 Å². The molecule has 110 valence electrons. The van der Waals surface area contributed by atoms with Crippen LogP contribution in [-0.4, -0.2) is 22.0 Å². The van der Waals surface area contributed by atoms with Crippen LogP contribution in [0.4, 0.5) is 11.8 Å². The van der Waals surface area contributed by atoms with Crippen molar-refractivity contribution in [3.63, 3.8) is 0 Å². The molecule has 0 saturated heterocycles. The van der Waals surface area contributed by atoms with Crippen molar-refractivity contribution in [2.24, 2.45) is 0 Å². The molecule has 2 heterocycles. The molecule has 0 radical (unpaired) electrons. The highest BCUT2D eigenvalue weighted by Crippen LogP contribution is 2.21. The Kier molecular flexibility index (Phi) is 4.25. The fourth-order valence-corrected chi connectivity index (χ4v) is 2.10. The molecule has 2 N–H and O–H groups in total. The second kappa shape index (κ2) is 6.67. The lowest BCUT2D eigenvalue weighted by atomic mass is 10.1. The van der Waals surface area contributed by atoms with Crippen LogP contribution in [-0.2, 0) is 6.54 Å². The molecule has 0 aliphatic carbocycles. The summed E-state index contributed by atoms with van der Waals surface area (Å²) in [4.78, 5) is 13.1. The Hall–Kier alpha value is -2.95. The highest BCUT2D eigenvalue weighted by molar-refractivity contribution is 5.64. The second-order valence-corrected chi connectivity index (χ2v) is 4.79. The molecule has 0 fully saturated rings. The third-order valence-corrected chi connectivity index (χ3v) is 3.22. The molecule has 22 heavy (non-hydrogen) atoms. The molecular formula is C17H17N5. The van der Waals surface area contributed by atoms with Crippen LogP contribution in [0.1, 0.15) is 5.56 Å². The number of nitrogens with one attached hydrogen (secondary N) is 2. The van der Waals surface area contributed by atoms with Crippen LogP contribution in [0.5, 0.6) is 0 Å². The molecule has 2 aromatic heterocycles. The maximum Gasteiger partial charge on any atom is 0.224 e. The largest absolute Gasteiger partial charge is 0.366 e. The minimum absolute atomic E-state index is 0.593. The maximum absolute atomic E-state index is 4.50. The zero-order valence-corrected chi connectivity index (χ0v) is 12.3. The lowest BCUT2D eigenvalue weighted by Crippen LogP contribution is -2.05. The van der Waals surface area contributed by atoms with Gasteiger partial charge in [-0.15, -0.1) is 0 Å². The Morgan fingerprint density at radius 3 is 2.59 bits per heavy atom. The molecule has 3 rings (SSSR count). The topological polar surface area (TPSA) is 62.7 Å². The van der Waals surface area contributed by atoms with Gasteiger partial charge in [-0.3, -0.25) is 4.98 Å². The summed E-state index contributed by atoms with van der Waals surface area (Å²) >= 11 is 0. The minimum atomic E-state index is 0.593. The van der Waals surface area contributed by atoms with Crippen LogP contribution >= 0.6 is 0 Å². The summed E-state index contributed by atoms with van der Waals surface area (Å²) in [6, 6.07) is 16.0. The monoisotopic (exact) mass is 291 g/mol. The van der Waals surface area contributed by atoms with Gasteiger partial charge in [-0.05, 0) is 11.6 Å². The molecule has 0 saturated carbocycles. The molecule has 0 atom stereocenters. The van der Waals surface area contributed by atoms with Gasteiger partial charge in [0.15, 0.2) is 0 Å². The molecule has 5 heteroatoms. The van der Waals surface area contributed by atoms with E-state index >= 15 is 0 Å². The molecule has 0 amide bonds. The van der Waals surface area contributed by atoms with E-state index in [1.165, 1.54) is 0 Å². The van der Waals surface area contributed by atoms with Gasteiger partial charge in [0.2, 0.25) is 5.95 Å². The number of rotatable bonds is 5. The Labute approximate surface area is 129 Å². The molecule has 0 bridgehead atoms. The first kappa shape index (κ1) is 14.0. The van der Waals surface area contributed by atoms with Gasteiger partial charge in [0.1, 0.15) is 5.82 Å². The number of pyridine rings is 1. The molecule has 1 aromatic carbocycles. The van der Waals surface area contributed by atoms with Crippen molar-refractivity contribution in [1.29, 1.82) is 0 Å². The summed E-state index contributed by atoms with van der Waals surface area (Å²) in [5.41, 5.74) is 3.05. The molecular weight excluding hydrogens is 274 g/mol. The zero-order valence-electron chi connectivity index (χ0n) is 12.3. The average molecular weight is 291 g/mol. The Morgan fingerprint density at radius 1 is 1.00 bits per heavy atom. The number of anilines is 2. The van der Waals surface area contributed by atoms with Crippen molar-refractivity contribution >= 4 is 11.8 Å². The Morgan fingerprint density at radius 2 is 1.86 bits per heavy atom. The zero-order chi connectivity index (χ0) is 15.2. The molecule has 0 aliphatic rings. The number of hydrogen-bond donors (Lipinski definition) is 2. The summed E-state index contributed by atoms with van der Waals surface area (Å²) in [5, 5.41) is 6.32. The van der Waals surface area contributed by atoms with Gasteiger partial charge in [-0.25, -0.2) is 4.98 Å². The van der Waals surface area contributed by atoms with E-state index in [4.69, 9.17) is 0 Å². The molecule has 0 unspecified atom stereocenters. The van der Waals surface area contributed by atoms with Crippen molar-refractivity contribution in [1.82, 2.24) is 15.0 Å². The van der Waals surface area contributed by atoms with Gasteiger partial charge >= 0.3 is 0 Å². The first-order valence-corrected chi connectivity index (χ1v) is 7.10. The normalized spacial score (nSPS) is 10.2. The van der Waals surface area contributed by atoms with Gasteiger partial charge in [0.25, 0.3) is 0 Å². The van der Waals surface area contributed by atoms with Crippen molar-refractivity contribution in [2.75, 3.05) is 17.7 Å². The summed E-state index contributed by atoms with van der Waals surface area (Å²) in [6.45, 7) is 0.669. The summed E-state index contributed by atoms with van der Waals surface area (Å²) in [6.07, 6.45) is 3.60. The standard InChI is InChI=1S/C17H17N5/c1-18-17-21-15(14-7-3-2-4-8-14)10-16(22-17)20-12-13-6-5-9-19-11-13/h2-11H,12H2,1H3,(H2,18,20,21,22). The quantitative estimate of drug-likeness (QED) is 0.756. The smallest absolute Gasteiger partial charge is 0.224 e. The van der Waals surface area contributed by atoms with E-state index in [9.17, 15) is 0 Å². The van der Waals surface area contributed by atoms with Gasteiger partial charge in [-0.2, -0.15) is 4.98 Å².